The number of carbonyl (C=O) groups excluding carboxylic acids is 1. The molecule has 3 N–H and O–H groups in total. The number of carboxylic acids is 1. The number of aliphatic carboxylic acids is 1. The Morgan fingerprint density at radius 2 is 1.67 bits per heavy atom. The van der Waals surface area contributed by atoms with Crippen molar-refractivity contribution in [3.8, 4) is 0 Å². The molecule has 2 unspecified atom stereocenters. The molecule has 2 fully saturated rings. The van der Waals surface area contributed by atoms with Crippen molar-refractivity contribution in [3.63, 3.8) is 0 Å². The van der Waals surface area contributed by atoms with E-state index in [1.165, 1.54) is 6.42 Å². The van der Waals surface area contributed by atoms with Crippen molar-refractivity contribution >= 4 is 12.0 Å². The number of carbonyl (C=O) groups is 2. The molecule has 0 radical (unpaired) electrons. The highest BCUT2D eigenvalue weighted by Crippen LogP contribution is 2.28. The smallest absolute Gasteiger partial charge is 0.329 e. The van der Waals surface area contributed by atoms with Gasteiger partial charge < -0.3 is 20.5 Å². The molecule has 1 aliphatic carbocycles. The van der Waals surface area contributed by atoms with E-state index in [1.54, 1.807) is 0 Å². The number of ether oxygens (including phenoxy) is 1. The molecule has 0 aromatic rings. The van der Waals surface area contributed by atoms with Crippen LogP contribution in [0.4, 0.5) is 4.79 Å². The van der Waals surface area contributed by atoms with Crippen LogP contribution in [0.25, 0.3) is 0 Å². The highest BCUT2D eigenvalue weighted by Gasteiger charge is 2.42. The molecule has 0 aromatic carbocycles. The monoisotopic (exact) mass is 298 g/mol. The van der Waals surface area contributed by atoms with E-state index in [9.17, 15) is 14.7 Å². The van der Waals surface area contributed by atoms with Crippen molar-refractivity contribution < 1.29 is 19.4 Å². The fourth-order valence-corrected chi connectivity index (χ4v) is 3.62. The van der Waals surface area contributed by atoms with Crippen LogP contribution in [-0.4, -0.2) is 41.9 Å². The van der Waals surface area contributed by atoms with Crippen molar-refractivity contribution in [2.75, 3.05) is 13.2 Å². The van der Waals surface area contributed by atoms with E-state index >= 15 is 0 Å². The molecule has 1 saturated heterocycles. The van der Waals surface area contributed by atoms with Gasteiger partial charge in [0.15, 0.2) is 0 Å². The summed E-state index contributed by atoms with van der Waals surface area (Å²) in [5.41, 5.74) is -1.19. The maximum atomic E-state index is 12.2. The second kappa shape index (κ2) is 6.64. The Labute approximate surface area is 125 Å². The highest BCUT2D eigenvalue weighted by molar-refractivity contribution is 5.86. The second-order valence-corrected chi connectivity index (χ2v) is 6.71. The van der Waals surface area contributed by atoms with Crippen molar-refractivity contribution in [3.05, 3.63) is 0 Å². The molecule has 2 rings (SSSR count). The van der Waals surface area contributed by atoms with Crippen LogP contribution in [0.3, 0.4) is 0 Å². The Morgan fingerprint density at radius 1 is 1.10 bits per heavy atom. The van der Waals surface area contributed by atoms with Gasteiger partial charge in [-0.2, -0.15) is 0 Å². The molecule has 21 heavy (non-hydrogen) atoms. The first-order valence-corrected chi connectivity index (χ1v) is 7.81. The summed E-state index contributed by atoms with van der Waals surface area (Å²) in [7, 11) is 0. The lowest BCUT2D eigenvalue weighted by Gasteiger charge is -2.36. The highest BCUT2D eigenvalue weighted by atomic mass is 16.5. The third kappa shape index (κ3) is 4.09. The fourth-order valence-electron chi connectivity index (χ4n) is 3.62. The van der Waals surface area contributed by atoms with Crippen LogP contribution in [0.1, 0.15) is 46.0 Å². The van der Waals surface area contributed by atoms with Gasteiger partial charge in [-0.25, -0.2) is 9.59 Å². The fraction of sp³-hybridized carbons (Fsp3) is 0.867. The van der Waals surface area contributed by atoms with Gasteiger partial charge in [-0.15, -0.1) is 0 Å². The topological polar surface area (TPSA) is 87.7 Å². The zero-order valence-corrected chi connectivity index (χ0v) is 12.9. The van der Waals surface area contributed by atoms with Gasteiger partial charge in [-0.3, -0.25) is 0 Å². The van der Waals surface area contributed by atoms with Gasteiger partial charge in [-0.05, 0) is 31.1 Å². The summed E-state index contributed by atoms with van der Waals surface area (Å²) >= 11 is 0. The van der Waals surface area contributed by atoms with Crippen molar-refractivity contribution in [1.29, 1.82) is 0 Å². The van der Waals surface area contributed by atoms with Crippen molar-refractivity contribution in [2.45, 2.75) is 57.5 Å². The molecule has 2 aliphatic rings. The van der Waals surface area contributed by atoms with Gasteiger partial charge in [-0.1, -0.05) is 13.8 Å². The molecule has 1 aliphatic heterocycles. The summed E-state index contributed by atoms with van der Waals surface area (Å²) in [5, 5.41) is 15.1. The first-order valence-electron chi connectivity index (χ1n) is 7.81. The number of rotatable bonds is 3. The first kappa shape index (κ1) is 16.1. The maximum Gasteiger partial charge on any atom is 0.329 e. The van der Waals surface area contributed by atoms with Gasteiger partial charge in [0.1, 0.15) is 5.54 Å². The summed E-state index contributed by atoms with van der Waals surface area (Å²) in [5.74, 6) is 0.206. The van der Waals surface area contributed by atoms with Crippen molar-refractivity contribution in [2.24, 2.45) is 11.8 Å². The maximum absolute atomic E-state index is 12.2. The van der Waals surface area contributed by atoms with E-state index in [-0.39, 0.29) is 12.1 Å². The lowest BCUT2D eigenvalue weighted by Crippen LogP contribution is -2.60. The van der Waals surface area contributed by atoms with Gasteiger partial charge in [0.05, 0.1) is 0 Å². The Balaban J connectivity index is 1.92. The number of nitrogens with one attached hydrogen (secondary N) is 2. The van der Waals surface area contributed by atoms with Gasteiger partial charge in [0.2, 0.25) is 0 Å². The molecular formula is C15H26N2O4. The Hall–Kier alpha value is -1.30. The van der Waals surface area contributed by atoms with Crippen LogP contribution >= 0.6 is 0 Å². The largest absolute Gasteiger partial charge is 0.480 e. The number of hydrogen-bond donors (Lipinski definition) is 3. The predicted octanol–water partition coefficient (Wildman–Crippen LogP) is 1.74. The lowest BCUT2D eigenvalue weighted by atomic mass is 9.80. The summed E-state index contributed by atoms with van der Waals surface area (Å²) in [6.07, 6.45) is 3.73. The average molecular weight is 298 g/mol. The third-order valence-electron chi connectivity index (χ3n) is 4.62. The second-order valence-electron chi connectivity index (χ2n) is 6.71. The number of hydrogen-bond acceptors (Lipinski definition) is 3. The summed E-state index contributed by atoms with van der Waals surface area (Å²) in [6.45, 7) is 5.12. The molecule has 2 amide bonds. The average Bonchev–Trinajstić information content (AvgIpc) is 2.37. The van der Waals surface area contributed by atoms with E-state index in [1.807, 2.05) is 0 Å². The minimum Gasteiger partial charge on any atom is -0.480 e. The van der Waals surface area contributed by atoms with E-state index in [2.05, 4.69) is 24.5 Å². The quantitative estimate of drug-likeness (QED) is 0.740. The van der Waals surface area contributed by atoms with Crippen molar-refractivity contribution in [1.82, 2.24) is 10.6 Å². The van der Waals surface area contributed by atoms with E-state index < -0.39 is 11.5 Å². The van der Waals surface area contributed by atoms with E-state index in [4.69, 9.17) is 4.74 Å². The predicted molar refractivity (Wildman–Crippen MR) is 78.1 cm³/mol. The van der Waals surface area contributed by atoms with Gasteiger partial charge in [0.25, 0.3) is 0 Å². The summed E-state index contributed by atoms with van der Waals surface area (Å²) in [6, 6.07) is -0.236. The molecule has 6 nitrogen and oxygen atoms in total. The van der Waals surface area contributed by atoms with Crippen LogP contribution in [-0.2, 0) is 9.53 Å². The Morgan fingerprint density at radius 3 is 2.19 bits per heavy atom. The molecule has 0 bridgehead atoms. The Kier molecular flexibility index (Phi) is 5.08. The molecule has 0 spiro atoms. The first-order chi connectivity index (χ1) is 9.91. The number of carboxylic acid groups (broad SMARTS) is 1. The van der Waals surface area contributed by atoms with Crippen LogP contribution in [0.5, 0.6) is 0 Å². The summed E-state index contributed by atoms with van der Waals surface area (Å²) in [4.78, 5) is 23.7. The molecule has 120 valence electrons. The van der Waals surface area contributed by atoms with E-state index in [0.717, 1.165) is 12.8 Å². The zero-order chi connectivity index (χ0) is 15.5. The minimum atomic E-state index is -1.19. The van der Waals surface area contributed by atoms with Gasteiger partial charge in [0, 0.05) is 32.1 Å². The molecule has 0 aromatic heterocycles. The normalized spacial score (nSPS) is 32.2. The summed E-state index contributed by atoms with van der Waals surface area (Å²) < 4.78 is 5.20. The minimum absolute atomic E-state index is 0.134. The lowest BCUT2D eigenvalue weighted by molar-refractivity contribution is -0.148. The molecular weight excluding hydrogens is 272 g/mol. The molecule has 1 saturated carbocycles. The zero-order valence-electron chi connectivity index (χ0n) is 12.9. The number of amides is 2. The van der Waals surface area contributed by atoms with E-state index in [0.29, 0.717) is 37.9 Å². The molecule has 2 atom stereocenters. The standard InChI is InChI=1S/C15H26N2O4/c1-10-7-11(2)9-12(8-10)16-14(20)17-15(13(18)19)3-5-21-6-4-15/h10-12H,3-9H2,1-2H3,(H,18,19)(H2,16,17,20). The van der Waals surface area contributed by atoms with Crippen LogP contribution in [0, 0.1) is 11.8 Å². The number of urea groups is 1. The van der Waals surface area contributed by atoms with Crippen LogP contribution < -0.4 is 10.6 Å². The molecule has 1 heterocycles. The molecule has 6 heteroatoms. The SMILES string of the molecule is CC1CC(C)CC(NC(=O)NC2(C(=O)O)CCOCC2)C1. The van der Waals surface area contributed by atoms with Crippen LogP contribution in [0.2, 0.25) is 0 Å². The van der Waals surface area contributed by atoms with Gasteiger partial charge >= 0.3 is 12.0 Å². The Bertz CT molecular complexity index is 383. The third-order valence-corrected chi connectivity index (χ3v) is 4.62. The van der Waals surface area contributed by atoms with Crippen LogP contribution in [0.15, 0.2) is 0 Å².